The first-order valence-electron chi connectivity index (χ1n) is 6.78. The predicted octanol–water partition coefficient (Wildman–Crippen LogP) is 4.59. The van der Waals surface area contributed by atoms with Gasteiger partial charge in [0, 0.05) is 10.8 Å². The lowest BCUT2D eigenvalue weighted by Crippen LogP contribution is -2.26. The summed E-state index contributed by atoms with van der Waals surface area (Å²) in [5, 5.41) is 1.02. The van der Waals surface area contributed by atoms with Crippen molar-refractivity contribution < 1.29 is 9.21 Å². The van der Waals surface area contributed by atoms with E-state index in [1.54, 1.807) is 0 Å². The van der Waals surface area contributed by atoms with Crippen molar-refractivity contribution in [3.63, 3.8) is 0 Å². The number of fused-ring (bicyclic) bond motifs is 1. The van der Waals surface area contributed by atoms with Gasteiger partial charge in [-0.2, -0.15) is 0 Å². The summed E-state index contributed by atoms with van der Waals surface area (Å²) in [5.74, 6) is 0.749. The minimum atomic E-state index is -0.159. The summed E-state index contributed by atoms with van der Waals surface area (Å²) >= 11 is 0. The molecular formula is C16H18O2. The third-order valence-corrected chi connectivity index (χ3v) is 4.37. The highest BCUT2D eigenvalue weighted by Gasteiger charge is 2.41. The third-order valence-electron chi connectivity index (χ3n) is 4.37. The van der Waals surface area contributed by atoms with E-state index in [2.05, 4.69) is 6.92 Å². The monoisotopic (exact) mass is 242 g/mol. The van der Waals surface area contributed by atoms with Gasteiger partial charge in [0.2, 0.25) is 5.78 Å². The molecule has 1 aliphatic rings. The second-order valence-corrected chi connectivity index (χ2v) is 5.32. The van der Waals surface area contributed by atoms with Gasteiger partial charge in [0.05, 0.1) is 0 Å². The number of ketones is 1. The average molecular weight is 242 g/mol. The molecule has 0 N–H and O–H groups in total. The van der Waals surface area contributed by atoms with Crippen molar-refractivity contribution in [2.24, 2.45) is 5.41 Å². The molecular weight excluding hydrogens is 224 g/mol. The van der Waals surface area contributed by atoms with E-state index in [-0.39, 0.29) is 11.2 Å². The fraction of sp³-hybridized carbons (Fsp3) is 0.438. The molecule has 0 atom stereocenters. The van der Waals surface area contributed by atoms with Gasteiger partial charge in [-0.25, -0.2) is 0 Å². The molecule has 2 heteroatoms. The molecule has 1 heterocycles. The van der Waals surface area contributed by atoms with Crippen LogP contribution in [0, 0.1) is 5.41 Å². The number of rotatable bonds is 3. The van der Waals surface area contributed by atoms with Gasteiger partial charge in [-0.15, -0.1) is 0 Å². The van der Waals surface area contributed by atoms with Crippen LogP contribution in [0.5, 0.6) is 0 Å². The highest BCUT2D eigenvalue weighted by atomic mass is 16.3. The minimum absolute atomic E-state index is 0.159. The van der Waals surface area contributed by atoms with E-state index in [4.69, 9.17) is 4.42 Å². The Bertz CT molecular complexity index is 541. The largest absolute Gasteiger partial charge is 0.453 e. The van der Waals surface area contributed by atoms with Crippen LogP contribution >= 0.6 is 0 Å². The van der Waals surface area contributed by atoms with Gasteiger partial charge in [0.1, 0.15) is 5.58 Å². The lowest BCUT2D eigenvalue weighted by atomic mass is 9.78. The second-order valence-electron chi connectivity index (χ2n) is 5.32. The van der Waals surface area contributed by atoms with E-state index in [0.29, 0.717) is 5.76 Å². The zero-order chi connectivity index (χ0) is 12.6. The van der Waals surface area contributed by atoms with E-state index in [1.807, 2.05) is 30.3 Å². The van der Waals surface area contributed by atoms with Gasteiger partial charge in [0.15, 0.2) is 5.76 Å². The number of carbonyl (C=O) groups is 1. The maximum atomic E-state index is 12.7. The summed E-state index contributed by atoms with van der Waals surface area (Å²) in [6.45, 7) is 2.12. The number of Topliss-reactive ketones (excluding diaryl/α,β-unsaturated/α-hetero) is 1. The molecule has 94 valence electrons. The summed E-state index contributed by atoms with van der Waals surface area (Å²) in [6.07, 6.45) is 5.28. The van der Waals surface area contributed by atoms with Gasteiger partial charge in [-0.05, 0) is 31.4 Å². The zero-order valence-electron chi connectivity index (χ0n) is 10.7. The quantitative estimate of drug-likeness (QED) is 0.737. The van der Waals surface area contributed by atoms with Crippen LogP contribution in [-0.2, 0) is 0 Å². The van der Waals surface area contributed by atoms with Crippen molar-refractivity contribution in [1.29, 1.82) is 0 Å². The van der Waals surface area contributed by atoms with Crippen molar-refractivity contribution in [2.75, 3.05) is 0 Å². The number of para-hydroxylation sites is 1. The van der Waals surface area contributed by atoms with Crippen LogP contribution in [0.4, 0.5) is 0 Å². The molecule has 0 aliphatic heterocycles. The van der Waals surface area contributed by atoms with Gasteiger partial charge < -0.3 is 4.42 Å². The topological polar surface area (TPSA) is 30.2 Å². The van der Waals surface area contributed by atoms with Crippen molar-refractivity contribution >= 4 is 16.8 Å². The molecule has 0 saturated heterocycles. The fourth-order valence-corrected chi connectivity index (χ4v) is 3.15. The van der Waals surface area contributed by atoms with E-state index >= 15 is 0 Å². The predicted molar refractivity (Wildman–Crippen MR) is 71.7 cm³/mol. The molecule has 0 amide bonds. The Morgan fingerprint density at radius 3 is 2.67 bits per heavy atom. The highest BCUT2D eigenvalue weighted by Crippen LogP contribution is 2.44. The Kier molecular flexibility index (Phi) is 2.73. The summed E-state index contributed by atoms with van der Waals surface area (Å²) in [5.41, 5.74) is 0.651. The highest BCUT2D eigenvalue weighted by molar-refractivity contribution is 6.01. The van der Waals surface area contributed by atoms with Crippen LogP contribution in [-0.4, -0.2) is 5.78 Å². The van der Waals surface area contributed by atoms with Gasteiger partial charge in [-0.1, -0.05) is 38.0 Å². The van der Waals surface area contributed by atoms with E-state index in [1.165, 1.54) is 12.8 Å². The first-order valence-corrected chi connectivity index (χ1v) is 6.78. The first-order chi connectivity index (χ1) is 8.75. The van der Waals surface area contributed by atoms with Crippen molar-refractivity contribution in [1.82, 2.24) is 0 Å². The minimum Gasteiger partial charge on any atom is -0.453 e. The number of hydrogen-bond donors (Lipinski definition) is 0. The second kappa shape index (κ2) is 4.27. The standard InChI is InChI=1S/C16H18O2/c1-2-16(9-5-6-10-16)15(17)14-11-12-7-3-4-8-13(12)18-14/h3-4,7-8,11H,2,5-6,9-10H2,1H3. The van der Waals surface area contributed by atoms with E-state index in [0.717, 1.165) is 30.2 Å². The van der Waals surface area contributed by atoms with Crippen molar-refractivity contribution in [2.45, 2.75) is 39.0 Å². The number of carbonyl (C=O) groups excluding carboxylic acids is 1. The van der Waals surface area contributed by atoms with Crippen LogP contribution in [0.1, 0.15) is 49.6 Å². The fourth-order valence-electron chi connectivity index (χ4n) is 3.15. The third kappa shape index (κ3) is 1.67. The van der Waals surface area contributed by atoms with Crippen LogP contribution < -0.4 is 0 Å². The van der Waals surface area contributed by atoms with E-state index < -0.39 is 0 Å². The molecule has 18 heavy (non-hydrogen) atoms. The van der Waals surface area contributed by atoms with Crippen molar-refractivity contribution in [3.8, 4) is 0 Å². The van der Waals surface area contributed by atoms with Gasteiger partial charge in [0.25, 0.3) is 0 Å². The number of hydrogen-bond acceptors (Lipinski definition) is 2. The molecule has 1 fully saturated rings. The Morgan fingerprint density at radius 2 is 2.00 bits per heavy atom. The van der Waals surface area contributed by atoms with Crippen LogP contribution in [0.25, 0.3) is 11.0 Å². The molecule has 2 aromatic rings. The maximum Gasteiger partial charge on any atom is 0.204 e. The van der Waals surface area contributed by atoms with Crippen molar-refractivity contribution in [3.05, 3.63) is 36.1 Å². The summed E-state index contributed by atoms with van der Waals surface area (Å²) in [6, 6.07) is 9.71. The molecule has 0 spiro atoms. The average Bonchev–Trinajstić information content (AvgIpc) is 3.05. The molecule has 0 unspecified atom stereocenters. The molecule has 1 aromatic carbocycles. The van der Waals surface area contributed by atoms with E-state index in [9.17, 15) is 4.79 Å². The Balaban J connectivity index is 2.00. The van der Waals surface area contributed by atoms with Crippen LogP contribution in [0.3, 0.4) is 0 Å². The Morgan fingerprint density at radius 1 is 1.28 bits per heavy atom. The smallest absolute Gasteiger partial charge is 0.204 e. The normalized spacial score (nSPS) is 18.3. The Hall–Kier alpha value is -1.57. The summed E-state index contributed by atoms with van der Waals surface area (Å²) < 4.78 is 5.72. The first kappa shape index (κ1) is 11.5. The molecule has 3 rings (SSSR count). The summed E-state index contributed by atoms with van der Waals surface area (Å²) in [4.78, 5) is 12.7. The molecule has 2 nitrogen and oxygen atoms in total. The maximum absolute atomic E-state index is 12.7. The van der Waals surface area contributed by atoms with Crippen LogP contribution in [0.2, 0.25) is 0 Å². The van der Waals surface area contributed by atoms with Gasteiger partial charge >= 0.3 is 0 Å². The molecule has 1 aromatic heterocycles. The lowest BCUT2D eigenvalue weighted by molar-refractivity contribution is 0.0762. The Labute approximate surface area is 107 Å². The number of benzene rings is 1. The van der Waals surface area contributed by atoms with Crippen LogP contribution in [0.15, 0.2) is 34.7 Å². The molecule has 0 radical (unpaired) electrons. The molecule has 1 saturated carbocycles. The molecule has 0 bridgehead atoms. The number of furan rings is 1. The zero-order valence-corrected chi connectivity index (χ0v) is 10.7. The van der Waals surface area contributed by atoms with Gasteiger partial charge in [-0.3, -0.25) is 4.79 Å². The lowest BCUT2D eigenvalue weighted by Gasteiger charge is -2.24. The SMILES string of the molecule is CCC1(C(=O)c2cc3ccccc3o2)CCCC1. The summed E-state index contributed by atoms with van der Waals surface area (Å²) in [7, 11) is 0. The molecule has 1 aliphatic carbocycles.